The fourth-order valence-corrected chi connectivity index (χ4v) is 2.83. The first-order valence-corrected chi connectivity index (χ1v) is 9.33. The molecule has 3 aromatic rings. The molecule has 0 saturated heterocycles. The van der Waals surface area contributed by atoms with Gasteiger partial charge < -0.3 is 20.1 Å². The van der Waals surface area contributed by atoms with Gasteiger partial charge in [0, 0.05) is 18.7 Å². The van der Waals surface area contributed by atoms with Gasteiger partial charge >= 0.3 is 0 Å². The Bertz CT molecular complexity index is 948. The lowest BCUT2D eigenvalue weighted by molar-refractivity contribution is 0.0948. The number of carbonyl (C=O) groups excluding carboxylic acids is 1. The van der Waals surface area contributed by atoms with E-state index in [0.717, 1.165) is 12.8 Å². The molecule has 7 nitrogen and oxygen atoms in total. The summed E-state index contributed by atoms with van der Waals surface area (Å²) in [6, 6.07) is 17.2. The molecule has 3 rings (SSSR count). The van der Waals surface area contributed by atoms with Gasteiger partial charge in [0.1, 0.15) is 29.3 Å². The standard InChI is InChI=1S/C22H24N4O3/c1-28-17-10-11-20(29-2)18(13-17)26-21-14-19(24-15-25-21)22(27)23-12-6-9-16-7-4-3-5-8-16/h3-5,7-8,10-11,13-15H,6,9,12H2,1-2H3,(H,23,27)(H,24,25,26). The first kappa shape index (κ1) is 20.1. The zero-order chi connectivity index (χ0) is 20.5. The molecule has 1 aromatic heterocycles. The third kappa shape index (κ3) is 5.68. The summed E-state index contributed by atoms with van der Waals surface area (Å²) in [6.45, 7) is 0.574. The molecule has 0 radical (unpaired) electrons. The van der Waals surface area contributed by atoms with Crippen LogP contribution in [-0.4, -0.2) is 36.6 Å². The van der Waals surface area contributed by atoms with Gasteiger partial charge in [-0.05, 0) is 30.5 Å². The molecular weight excluding hydrogens is 368 g/mol. The van der Waals surface area contributed by atoms with Crippen LogP contribution in [0.2, 0.25) is 0 Å². The van der Waals surface area contributed by atoms with Gasteiger partial charge in [0.2, 0.25) is 0 Å². The number of aromatic nitrogens is 2. The molecule has 150 valence electrons. The monoisotopic (exact) mass is 392 g/mol. The van der Waals surface area contributed by atoms with Crippen molar-refractivity contribution in [3.8, 4) is 11.5 Å². The summed E-state index contributed by atoms with van der Waals surface area (Å²) >= 11 is 0. The van der Waals surface area contributed by atoms with Crippen molar-refractivity contribution in [2.24, 2.45) is 0 Å². The van der Waals surface area contributed by atoms with E-state index in [2.05, 4.69) is 32.7 Å². The van der Waals surface area contributed by atoms with Crippen molar-refractivity contribution in [3.63, 3.8) is 0 Å². The van der Waals surface area contributed by atoms with Gasteiger partial charge in [0.05, 0.1) is 19.9 Å². The fraction of sp³-hybridized carbons (Fsp3) is 0.227. The van der Waals surface area contributed by atoms with Crippen LogP contribution in [-0.2, 0) is 6.42 Å². The van der Waals surface area contributed by atoms with Crippen LogP contribution in [0.5, 0.6) is 11.5 Å². The number of carbonyl (C=O) groups is 1. The van der Waals surface area contributed by atoms with Gasteiger partial charge in [-0.1, -0.05) is 30.3 Å². The van der Waals surface area contributed by atoms with Crippen molar-refractivity contribution in [3.05, 3.63) is 72.2 Å². The van der Waals surface area contributed by atoms with Crippen molar-refractivity contribution in [2.45, 2.75) is 12.8 Å². The Morgan fingerprint density at radius 3 is 2.59 bits per heavy atom. The molecule has 7 heteroatoms. The minimum Gasteiger partial charge on any atom is -0.497 e. The molecule has 0 unspecified atom stereocenters. The molecule has 0 fully saturated rings. The van der Waals surface area contributed by atoms with Gasteiger partial charge in [-0.15, -0.1) is 0 Å². The average Bonchev–Trinajstić information content (AvgIpc) is 2.77. The summed E-state index contributed by atoms with van der Waals surface area (Å²) in [4.78, 5) is 20.7. The molecule has 0 atom stereocenters. The van der Waals surface area contributed by atoms with E-state index in [1.165, 1.54) is 11.9 Å². The number of hydrogen-bond acceptors (Lipinski definition) is 6. The lowest BCUT2D eigenvalue weighted by Crippen LogP contribution is -2.25. The molecule has 0 aliphatic carbocycles. The Balaban J connectivity index is 1.59. The quantitative estimate of drug-likeness (QED) is 0.541. The number of benzene rings is 2. The van der Waals surface area contributed by atoms with E-state index in [4.69, 9.17) is 9.47 Å². The number of hydrogen-bond donors (Lipinski definition) is 2. The minimum atomic E-state index is -0.235. The van der Waals surface area contributed by atoms with E-state index in [9.17, 15) is 4.79 Å². The van der Waals surface area contributed by atoms with Crippen LogP contribution in [0, 0.1) is 0 Å². The molecule has 0 aliphatic rings. The molecule has 29 heavy (non-hydrogen) atoms. The number of aryl methyl sites for hydroxylation is 1. The van der Waals surface area contributed by atoms with Crippen molar-refractivity contribution in [2.75, 3.05) is 26.1 Å². The topological polar surface area (TPSA) is 85.4 Å². The highest BCUT2D eigenvalue weighted by Gasteiger charge is 2.11. The maximum absolute atomic E-state index is 12.4. The SMILES string of the molecule is COc1ccc(OC)c(Nc2cc(C(=O)NCCCc3ccccc3)ncn2)c1. The molecule has 1 amide bonds. The van der Waals surface area contributed by atoms with Crippen molar-refractivity contribution >= 4 is 17.4 Å². The number of nitrogens with one attached hydrogen (secondary N) is 2. The molecule has 2 N–H and O–H groups in total. The molecule has 0 saturated carbocycles. The Morgan fingerprint density at radius 2 is 1.83 bits per heavy atom. The number of methoxy groups -OCH3 is 2. The summed E-state index contributed by atoms with van der Waals surface area (Å²) in [6.07, 6.45) is 3.12. The van der Waals surface area contributed by atoms with Gasteiger partial charge in [-0.2, -0.15) is 0 Å². The van der Waals surface area contributed by atoms with Crippen molar-refractivity contribution < 1.29 is 14.3 Å². The average molecular weight is 392 g/mol. The molecular formula is C22H24N4O3. The molecule has 0 aliphatic heterocycles. The van der Waals surface area contributed by atoms with Crippen LogP contribution >= 0.6 is 0 Å². The van der Waals surface area contributed by atoms with Crippen LogP contribution in [0.15, 0.2) is 60.9 Å². The molecule has 2 aromatic carbocycles. The number of amides is 1. The van der Waals surface area contributed by atoms with Crippen molar-refractivity contribution in [1.82, 2.24) is 15.3 Å². The number of nitrogens with zero attached hydrogens (tertiary/aromatic N) is 2. The van der Waals surface area contributed by atoms with E-state index in [1.54, 1.807) is 38.5 Å². The molecule has 0 spiro atoms. The Hall–Kier alpha value is -3.61. The Labute approximate surface area is 170 Å². The predicted octanol–water partition coefficient (Wildman–Crippen LogP) is 3.60. The van der Waals surface area contributed by atoms with E-state index in [-0.39, 0.29) is 5.91 Å². The van der Waals surface area contributed by atoms with Crippen LogP contribution < -0.4 is 20.1 Å². The summed E-state index contributed by atoms with van der Waals surface area (Å²) in [5.41, 5.74) is 2.23. The lowest BCUT2D eigenvalue weighted by Gasteiger charge is -2.12. The van der Waals surface area contributed by atoms with E-state index in [0.29, 0.717) is 35.2 Å². The molecule has 0 bridgehead atoms. The number of rotatable bonds is 9. The second kappa shape index (κ2) is 10.1. The highest BCUT2D eigenvalue weighted by Crippen LogP contribution is 2.30. The highest BCUT2D eigenvalue weighted by atomic mass is 16.5. The first-order valence-electron chi connectivity index (χ1n) is 9.33. The minimum absolute atomic E-state index is 0.235. The lowest BCUT2D eigenvalue weighted by atomic mass is 10.1. The third-order valence-electron chi connectivity index (χ3n) is 4.34. The Morgan fingerprint density at radius 1 is 1.00 bits per heavy atom. The summed E-state index contributed by atoms with van der Waals surface area (Å²) in [7, 11) is 3.18. The summed E-state index contributed by atoms with van der Waals surface area (Å²) in [5, 5.41) is 6.05. The van der Waals surface area contributed by atoms with E-state index >= 15 is 0 Å². The second-order valence-corrected chi connectivity index (χ2v) is 6.32. The van der Waals surface area contributed by atoms with Gasteiger partial charge in [0.15, 0.2) is 0 Å². The van der Waals surface area contributed by atoms with Crippen LogP contribution in [0.4, 0.5) is 11.5 Å². The largest absolute Gasteiger partial charge is 0.497 e. The number of anilines is 2. The van der Waals surface area contributed by atoms with Gasteiger partial charge in [-0.25, -0.2) is 9.97 Å². The zero-order valence-corrected chi connectivity index (χ0v) is 16.5. The first-order chi connectivity index (χ1) is 14.2. The second-order valence-electron chi connectivity index (χ2n) is 6.32. The van der Waals surface area contributed by atoms with E-state index < -0.39 is 0 Å². The van der Waals surface area contributed by atoms with Crippen LogP contribution in [0.1, 0.15) is 22.5 Å². The van der Waals surface area contributed by atoms with Gasteiger partial charge in [-0.3, -0.25) is 4.79 Å². The third-order valence-corrected chi connectivity index (χ3v) is 4.34. The zero-order valence-electron chi connectivity index (χ0n) is 16.5. The number of ether oxygens (including phenoxy) is 2. The molecule has 1 heterocycles. The van der Waals surface area contributed by atoms with Crippen molar-refractivity contribution in [1.29, 1.82) is 0 Å². The summed E-state index contributed by atoms with van der Waals surface area (Å²) in [5.74, 6) is 1.57. The normalized spacial score (nSPS) is 10.3. The fourth-order valence-electron chi connectivity index (χ4n) is 2.83. The maximum atomic E-state index is 12.4. The smallest absolute Gasteiger partial charge is 0.270 e. The van der Waals surface area contributed by atoms with Crippen LogP contribution in [0.3, 0.4) is 0 Å². The summed E-state index contributed by atoms with van der Waals surface area (Å²) < 4.78 is 10.6. The maximum Gasteiger partial charge on any atom is 0.270 e. The van der Waals surface area contributed by atoms with Gasteiger partial charge in [0.25, 0.3) is 5.91 Å². The highest BCUT2D eigenvalue weighted by molar-refractivity contribution is 5.93. The Kier molecular flexibility index (Phi) is 7.00. The predicted molar refractivity (Wildman–Crippen MR) is 112 cm³/mol. The van der Waals surface area contributed by atoms with Crippen LogP contribution in [0.25, 0.3) is 0 Å². The van der Waals surface area contributed by atoms with E-state index in [1.807, 2.05) is 18.2 Å².